The van der Waals surface area contributed by atoms with Gasteiger partial charge in [0.15, 0.2) is 0 Å². The Morgan fingerprint density at radius 3 is 1.29 bits per heavy atom. The molecule has 0 radical (unpaired) electrons. The second-order valence-corrected chi connectivity index (χ2v) is 9.86. The minimum atomic E-state index is -0.0804. The number of ether oxygens (including phenoxy) is 6. The molecule has 0 fully saturated rings. The summed E-state index contributed by atoms with van der Waals surface area (Å²) in [5.74, 6) is 1.29. The number of aromatic nitrogens is 2. The molecule has 2 heterocycles. The maximum Gasteiger partial charge on any atom is 0.123 e. The molecule has 0 atom stereocenters. The van der Waals surface area contributed by atoms with Crippen LogP contribution in [0.1, 0.15) is 45.4 Å². The summed E-state index contributed by atoms with van der Waals surface area (Å²) in [5.41, 5.74) is 7.84. The quantitative estimate of drug-likeness (QED) is 0.142. The van der Waals surface area contributed by atoms with Crippen LogP contribution in [0.2, 0.25) is 0 Å². The molecule has 3 aromatic rings. The number of hydrogen-bond acceptors (Lipinski definition) is 8. The maximum atomic E-state index is 8.80. The first kappa shape index (κ1) is 32.7. The first-order chi connectivity index (χ1) is 19.9. The van der Waals surface area contributed by atoms with Crippen molar-refractivity contribution in [3.05, 3.63) is 69.8 Å². The summed E-state index contributed by atoms with van der Waals surface area (Å²) in [6, 6.07) is 10.3. The van der Waals surface area contributed by atoms with Crippen LogP contribution in [-0.2, 0) is 18.9 Å². The first-order valence-electron chi connectivity index (χ1n) is 14.2. The molecule has 0 saturated heterocycles. The number of aromatic amines is 2. The number of nitrogens with one attached hydrogen (secondary N) is 2. The van der Waals surface area contributed by atoms with Crippen LogP contribution in [0.4, 0.5) is 0 Å². The van der Waals surface area contributed by atoms with E-state index in [1.54, 1.807) is 0 Å². The van der Waals surface area contributed by atoms with Gasteiger partial charge in [-0.1, -0.05) is 0 Å². The SMILES string of the molecule is Cc1cc(C)c(C(c2cc(OCCOCCOCCO)cc(OCCOCCOCCO)c2)c2[nH]c(C)cc2C)[nH]1. The number of rotatable bonds is 21. The lowest BCUT2D eigenvalue weighted by Crippen LogP contribution is -2.13. The van der Waals surface area contributed by atoms with Gasteiger partial charge in [-0.05, 0) is 68.7 Å². The number of H-pyrrole nitrogens is 2. The lowest BCUT2D eigenvalue weighted by Gasteiger charge is -2.21. The van der Waals surface area contributed by atoms with Crippen molar-refractivity contribution >= 4 is 0 Å². The van der Waals surface area contributed by atoms with Gasteiger partial charge < -0.3 is 48.6 Å². The zero-order chi connectivity index (χ0) is 29.5. The van der Waals surface area contributed by atoms with Gasteiger partial charge in [0.25, 0.3) is 0 Å². The maximum absolute atomic E-state index is 8.80. The minimum absolute atomic E-state index is 0.000818. The minimum Gasteiger partial charge on any atom is -0.491 e. The number of hydrogen-bond donors (Lipinski definition) is 4. The highest BCUT2D eigenvalue weighted by molar-refractivity contribution is 5.50. The highest BCUT2D eigenvalue weighted by atomic mass is 16.6. The van der Waals surface area contributed by atoms with Crippen LogP contribution in [0.25, 0.3) is 0 Å². The van der Waals surface area contributed by atoms with Crippen molar-refractivity contribution in [3.63, 3.8) is 0 Å². The third kappa shape index (κ3) is 10.8. The largest absolute Gasteiger partial charge is 0.491 e. The molecule has 10 nitrogen and oxygen atoms in total. The third-order valence-corrected chi connectivity index (χ3v) is 6.40. The molecule has 0 aliphatic rings. The van der Waals surface area contributed by atoms with E-state index in [0.717, 1.165) is 28.3 Å². The summed E-state index contributed by atoms with van der Waals surface area (Å²) in [5, 5.41) is 17.6. The molecule has 2 aromatic heterocycles. The Bertz CT molecular complexity index is 1070. The van der Waals surface area contributed by atoms with Gasteiger partial charge in [-0.25, -0.2) is 0 Å². The fourth-order valence-corrected chi connectivity index (χ4v) is 4.71. The highest BCUT2D eigenvalue weighted by Gasteiger charge is 2.25. The van der Waals surface area contributed by atoms with E-state index in [1.807, 2.05) is 6.07 Å². The van der Waals surface area contributed by atoms with Crippen molar-refractivity contribution in [2.75, 3.05) is 79.3 Å². The molecule has 3 rings (SSSR count). The van der Waals surface area contributed by atoms with Crippen molar-refractivity contribution in [1.29, 1.82) is 0 Å². The smallest absolute Gasteiger partial charge is 0.123 e. The van der Waals surface area contributed by atoms with Crippen LogP contribution in [0.3, 0.4) is 0 Å². The fraction of sp³-hybridized carbons (Fsp3) is 0.548. The molecule has 0 aliphatic heterocycles. The van der Waals surface area contributed by atoms with E-state index in [9.17, 15) is 0 Å². The first-order valence-corrected chi connectivity index (χ1v) is 14.2. The van der Waals surface area contributed by atoms with Gasteiger partial charge in [0, 0.05) is 28.8 Å². The van der Waals surface area contributed by atoms with Gasteiger partial charge in [0.2, 0.25) is 0 Å². The molecule has 41 heavy (non-hydrogen) atoms. The van der Waals surface area contributed by atoms with Crippen LogP contribution in [0.5, 0.6) is 11.5 Å². The average molecular weight is 575 g/mol. The number of benzene rings is 1. The van der Waals surface area contributed by atoms with Gasteiger partial charge in [0.1, 0.15) is 24.7 Å². The lowest BCUT2D eigenvalue weighted by molar-refractivity contribution is 0.0241. The molecule has 0 saturated carbocycles. The Hall–Kier alpha value is -2.86. The van der Waals surface area contributed by atoms with Crippen molar-refractivity contribution in [1.82, 2.24) is 9.97 Å². The highest BCUT2D eigenvalue weighted by Crippen LogP contribution is 2.38. The zero-order valence-corrected chi connectivity index (χ0v) is 24.8. The van der Waals surface area contributed by atoms with Crippen molar-refractivity contribution < 1.29 is 38.6 Å². The molecule has 0 bridgehead atoms. The van der Waals surface area contributed by atoms with Crippen molar-refractivity contribution in [3.8, 4) is 11.5 Å². The molecule has 0 aliphatic carbocycles. The van der Waals surface area contributed by atoms with Gasteiger partial charge in [0.05, 0.1) is 72.0 Å². The molecule has 228 valence electrons. The molecule has 0 unspecified atom stereocenters. The van der Waals surface area contributed by atoms with Crippen molar-refractivity contribution in [2.45, 2.75) is 33.6 Å². The van der Waals surface area contributed by atoms with Crippen LogP contribution in [0, 0.1) is 27.7 Å². The Balaban J connectivity index is 1.77. The topological polar surface area (TPSA) is 127 Å². The van der Waals surface area contributed by atoms with Crippen LogP contribution >= 0.6 is 0 Å². The van der Waals surface area contributed by atoms with Gasteiger partial charge in [-0.2, -0.15) is 0 Å². The Morgan fingerprint density at radius 1 is 0.537 bits per heavy atom. The van der Waals surface area contributed by atoms with E-state index < -0.39 is 0 Å². The second-order valence-electron chi connectivity index (χ2n) is 9.86. The van der Waals surface area contributed by atoms with Gasteiger partial charge in [-0.3, -0.25) is 0 Å². The van der Waals surface area contributed by atoms with E-state index in [2.05, 4.69) is 61.9 Å². The number of aryl methyl sites for hydroxylation is 4. The van der Waals surface area contributed by atoms with E-state index in [4.69, 9.17) is 38.6 Å². The summed E-state index contributed by atoms with van der Waals surface area (Å²) in [7, 11) is 0. The van der Waals surface area contributed by atoms with E-state index >= 15 is 0 Å². The third-order valence-electron chi connectivity index (χ3n) is 6.40. The normalized spacial score (nSPS) is 11.5. The van der Waals surface area contributed by atoms with Crippen LogP contribution in [0.15, 0.2) is 30.3 Å². The van der Waals surface area contributed by atoms with Gasteiger partial charge >= 0.3 is 0 Å². The summed E-state index contributed by atoms with van der Waals surface area (Å²) >= 11 is 0. The monoisotopic (exact) mass is 574 g/mol. The van der Waals surface area contributed by atoms with Crippen LogP contribution in [-0.4, -0.2) is 99.5 Å². The molecule has 4 N–H and O–H groups in total. The van der Waals surface area contributed by atoms with Crippen molar-refractivity contribution in [2.24, 2.45) is 0 Å². The molecular weight excluding hydrogens is 528 g/mol. The Morgan fingerprint density at radius 2 is 0.927 bits per heavy atom. The summed E-state index contributed by atoms with van der Waals surface area (Å²) in [4.78, 5) is 7.16. The van der Waals surface area contributed by atoms with E-state index in [0.29, 0.717) is 77.6 Å². The van der Waals surface area contributed by atoms with Gasteiger partial charge in [-0.15, -0.1) is 0 Å². The lowest BCUT2D eigenvalue weighted by atomic mass is 9.88. The summed E-state index contributed by atoms with van der Waals surface area (Å²) < 4.78 is 33.9. The van der Waals surface area contributed by atoms with E-state index in [1.165, 1.54) is 11.1 Å². The summed E-state index contributed by atoms with van der Waals surface area (Å²) in [6.07, 6.45) is 0. The predicted molar refractivity (Wildman–Crippen MR) is 156 cm³/mol. The zero-order valence-electron chi connectivity index (χ0n) is 24.8. The van der Waals surface area contributed by atoms with Crippen LogP contribution < -0.4 is 9.47 Å². The molecule has 10 heteroatoms. The standard InChI is InChI=1S/C31H46N2O8/c1-22-17-24(3)32-30(22)29(31-23(2)18-25(4)33-31)26-19-27(40-15-13-38-11-9-36-7-5-34)21-28(20-26)41-16-14-39-12-10-37-8-6-35/h17-21,29,32-35H,5-16H2,1-4H3. The second kappa shape index (κ2) is 17.8. The molecular formula is C31H46N2O8. The predicted octanol–water partition coefficient (Wildman–Crippen LogP) is 3.57. The Labute approximate surface area is 242 Å². The fourth-order valence-electron chi connectivity index (χ4n) is 4.71. The Kier molecular flexibility index (Phi) is 14.2. The number of aliphatic hydroxyl groups excluding tert-OH is 2. The molecule has 1 aromatic carbocycles. The summed E-state index contributed by atoms with van der Waals surface area (Å²) in [6.45, 7) is 12.2. The molecule has 0 spiro atoms. The average Bonchev–Trinajstić information content (AvgIpc) is 3.45. The number of aliphatic hydroxyl groups is 2. The molecule has 0 amide bonds. The van der Waals surface area contributed by atoms with E-state index in [-0.39, 0.29) is 19.1 Å².